The van der Waals surface area contributed by atoms with Gasteiger partial charge in [-0.25, -0.2) is 0 Å². The molecule has 0 unspecified atom stereocenters. The molecule has 0 heterocycles. The molecule has 0 saturated carbocycles. The summed E-state index contributed by atoms with van der Waals surface area (Å²) in [5.41, 5.74) is 0. The average Bonchev–Trinajstić information content (AvgIpc) is 2.04. The van der Waals surface area contributed by atoms with E-state index in [1.807, 2.05) is 13.8 Å². The van der Waals surface area contributed by atoms with Gasteiger partial charge in [0.15, 0.2) is 0 Å². The van der Waals surface area contributed by atoms with Crippen molar-refractivity contribution in [2.75, 3.05) is 6.54 Å². The summed E-state index contributed by atoms with van der Waals surface area (Å²) in [6.45, 7) is 5.81. The van der Waals surface area contributed by atoms with E-state index in [0.29, 0.717) is 5.92 Å². The Kier molecular flexibility index (Phi) is 5.54. The van der Waals surface area contributed by atoms with E-state index in [2.05, 4.69) is 5.32 Å². The molecule has 0 aliphatic heterocycles. The van der Waals surface area contributed by atoms with Crippen LogP contribution < -0.4 is 5.32 Å². The molecule has 0 radical (unpaired) electrons. The lowest BCUT2D eigenvalue weighted by Gasteiger charge is -2.17. The summed E-state index contributed by atoms with van der Waals surface area (Å²) in [7, 11) is 0. The summed E-state index contributed by atoms with van der Waals surface area (Å²) < 4.78 is 0. The molecule has 2 atom stereocenters. The van der Waals surface area contributed by atoms with Crippen LogP contribution in [0.2, 0.25) is 0 Å². The number of carbonyl (C=O) groups excluding carboxylic acids is 2. The third kappa shape index (κ3) is 4.23. The van der Waals surface area contributed by atoms with Gasteiger partial charge in [0.2, 0.25) is 0 Å². The molecule has 0 saturated heterocycles. The maximum absolute atomic E-state index is 10.6. The third-order valence-corrected chi connectivity index (χ3v) is 1.99. The highest BCUT2D eigenvalue weighted by Crippen LogP contribution is 2.04. The second kappa shape index (κ2) is 5.89. The van der Waals surface area contributed by atoms with Crippen molar-refractivity contribution in [3.8, 4) is 0 Å². The van der Waals surface area contributed by atoms with E-state index in [-0.39, 0.29) is 18.4 Å². The van der Waals surface area contributed by atoms with Crippen LogP contribution in [0.25, 0.3) is 0 Å². The van der Waals surface area contributed by atoms with Crippen LogP contribution in [0.3, 0.4) is 0 Å². The summed E-state index contributed by atoms with van der Waals surface area (Å²) >= 11 is 0. The van der Waals surface area contributed by atoms with Crippen LogP contribution in [0.1, 0.15) is 27.2 Å². The van der Waals surface area contributed by atoms with Crippen LogP contribution in [0.4, 0.5) is 0 Å². The molecule has 0 bridgehead atoms. The Morgan fingerprint density at radius 1 is 1.58 bits per heavy atom. The number of hydrogen-bond acceptors (Lipinski definition) is 3. The zero-order chi connectivity index (χ0) is 9.56. The number of Topliss-reactive ketones (excluding diaryl/α,β-unsaturated/α-hetero) is 1. The lowest BCUT2D eigenvalue weighted by atomic mass is 10.0. The lowest BCUT2D eigenvalue weighted by Crippen LogP contribution is -2.38. The van der Waals surface area contributed by atoms with Crippen molar-refractivity contribution in [3.63, 3.8) is 0 Å². The molecule has 0 aliphatic rings. The number of nitrogens with one attached hydrogen (secondary N) is 1. The molecule has 0 aromatic rings. The van der Waals surface area contributed by atoms with E-state index in [0.717, 1.165) is 12.7 Å². The van der Waals surface area contributed by atoms with Crippen LogP contribution in [0, 0.1) is 5.92 Å². The predicted octanol–water partition coefficient (Wildman–Crippen LogP) is 0.779. The second-order valence-corrected chi connectivity index (χ2v) is 3.13. The fourth-order valence-electron chi connectivity index (χ4n) is 0.899. The van der Waals surface area contributed by atoms with Crippen molar-refractivity contribution in [2.45, 2.75) is 33.2 Å². The molecular formula is C9H17NO2. The molecule has 0 amide bonds. The van der Waals surface area contributed by atoms with E-state index >= 15 is 0 Å². The van der Waals surface area contributed by atoms with Gasteiger partial charge in [-0.3, -0.25) is 4.79 Å². The van der Waals surface area contributed by atoms with E-state index in [4.69, 9.17) is 0 Å². The van der Waals surface area contributed by atoms with Crippen molar-refractivity contribution in [3.05, 3.63) is 0 Å². The molecule has 0 rings (SSSR count). The largest absolute Gasteiger partial charge is 0.302 e. The summed E-state index contributed by atoms with van der Waals surface area (Å²) in [5, 5.41) is 2.90. The fourth-order valence-corrected chi connectivity index (χ4v) is 0.899. The number of carbonyl (C=O) groups is 2. The minimum Gasteiger partial charge on any atom is -0.302 e. The van der Waals surface area contributed by atoms with E-state index in [1.54, 1.807) is 0 Å². The Bertz CT molecular complexity index is 157. The smallest absolute Gasteiger partial charge is 0.143 e. The molecule has 0 spiro atoms. The normalized spacial score (nSPS) is 15.2. The van der Waals surface area contributed by atoms with E-state index in [1.165, 1.54) is 6.92 Å². The zero-order valence-electron chi connectivity index (χ0n) is 7.96. The van der Waals surface area contributed by atoms with Crippen molar-refractivity contribution >= 4 is 12.1 Å². The van der Waals surface area contributed by atoms with Gasteiger partial charge in [-0.15, -0.1) is 0 Å². The molecule has 70 valence electrons. The summed E-state index contributed by atoms with van der Waals surface area (Å²) in [5.74, 6) is 0.354. The van der Waals surface area contributed by atoms with Crippen LogP contribution in [-0.2, 0) is 9.59 Å². The molecule has 0 fully saturated rings. The SMILES string of the molecule is CC[C@H](C)[C@@H](C=O)NCC(C)=O. The molecule has 0 aliphatic carbocycles. The molecule has 12 heavy (non-hydrogen) atoms. The van der Waals surface area contributed by atoms with Crippen molar-refractivity contribution in [2.24, 2.45) is 5.92 Å². The maximum atomic E-state index is 10.6. The van der Waals surface area contributed by atoms with Gasteiger partial charge in [-0.2, -0.15) is 0 Å². The average molecular weight is 171 g/mol. The zero-order valence-corrected chi connectivity index (χ0v) is 7.96. The molecular weight excluding hydrogens is 154 g/mol. The Balaban J connectivity index is 3.82. The van der Waals surface area contributed by atoms with Gasteiger partial charge in [0.05, 0.1) is 12.6 Å². The first kappa shape index (κ1) is 11.3. The Morgan fingerprint density at radius 2 is 2.17 bits per heavy atom. The van der Waals surface area contributed by atoms with Gasteiger partial charge in [0.1, 0.15) is 12.1 Å². The molecule has 3 nitrogen and oxygen atoms in total. The number of ketones is 1. The first-order valence-corrected chi connectivity index (χ1v) is 4.29. The van der Waals surface area contributed by atoms with Crippen LogP contribution in [0.5, 0.6) is 0 Å². The van der Waals surface area contributed by atoms with Crippen LogP contribution in [0.15, 0.2) is 0 Å². The molecule has 3 heteroatoms. The fraction of sp³-hybridized carbons (Fsp3) is 0.778. The molecule has 0 aromatic heterocycles. The highest BCUT2D eigenvalue weighted by molar-refractivity contribution is 5.78. The van der Waals surface area contributed by atoms with Crippen molar-refractivity contribution in [1.29, 1.82) is 0 Å². The van der Waals surface area contributed by atoms with E-state index in [9.17, 15) is 9.59 Å². The second-order valence-electron chi connectivity index (χ2n) is 3.13. The van der Waals surface area contributed by atoms with Gasteiger partial charge in [-0.05, 0) is 12.8 Å². The Labute approximate surface area is 73.5 Å². The van der Waals surface area contributed by atoms with Gasteiger partial charge in [0, 0.05) is 0 Å². The highest BCUT2D eigenvalue weighted by atomic mass is 16.1. The van der Waals surface area contributed by atoms with Gasteiger partial charge in [-0.1, -0.05) is 20.3 Å². The first-order chi connectivity index (χ1) is 5.61. The van der Waals surface area contributed by atoms with Crippen molar-refractivity contribution < 1.29 is 9.59 Å². The summed E-state index contributed by atoms with van der Waals surface area (Å²) in [4.78, 5) is 21.1. The highest BCUT2D eigenvalue weighted by Gasteiger charge is 2.13. The van der Waals surface area contributed by atoms with Crippen LogP contribution in [-0.4, -0.2) is 24.7 Å². The Hall–Kier alpha value is -0.700. The first-order valence-electron chi connectivity index (χ1n) is 4.29. The predicted molar refractivity (Wildman–Crippen MR) is 48.0 cm³/mol. The third-order valence-electron chi connectivity index (χ3n) is 1.99. The minimum absolute atomic E-state index is 0.0603. The Morgan fingerprint density at radius 3 is 2.50 bits per heavy atom. The summed E-state index contributed by atoms with van der Waals surface area (Å²) in [6.07, 6.45) is 1.81. The van der Waals surface area contributed by atoms with E-state index < -0.39 is 0 Å². The van der Waals surface area contributed by atoms with Crippen LogP contribution >= 0.6 is 0 Å². The van der Waals surface area contributed by atoms with Gasteiger partial charge in [0.25, 0.3) is 0 Å². The number of rotatable bonds is 6. The van der Waals surface area contributed by atoms with Crippen molar-refractivity contribution in [1.82, 2.24) is 5.32 Å². The standard InChI is InChI=1S/C9H17NO2/c1-4-7(2)9(6-11)10-5-8(3)12/h6-7,9-10H,4-5H2,1-3H3/t7-,9+/m0/s1. The number of hydrogen-bond donors (Lipinski definition) is 1. The number of aldehydes is 1. The minimum atomic E-state index is -0.182. The quantitative estimate of drug-likeness (QED) is 0.601. The molecule has 1 N–H and O–H groups in total. The van der Waals surface area contributed by atoms with Gasteiger partial charge >= 0.3 is 0 Å². The lowest BCUT2D eigenvalue weighted by molar-refractivity contribution is -0.116. The topological polar surface area (TPSA) is 46.2 Å². The maximum Gasteiger partial charge on any atom is 0.143 e. The molecule has 0 aromatic carbocycles. The van der Waals surface area contributed by atoms with Gasteiger partial charge < -0.3 is 10.1 Å². The monoisotopic (exact) mass is 171 g/mol. The summed E-state index contributed by atoms with van der Waals surface area (Å²) in [6, 6.07) is -0.182.